The minimum atomic E-state index is -0.509. The molecule has 2 amide bonds. The lowest BCUT2D eigenvalue weighted by Gasteiger charge is -2.18. The third kappa shape index (κ3) is 4.29. The molecule has 28 heavy (non-hydrogen) atoms. The van der Waals surface area contributed by atoms with Crippen molar-refractivity contribution in [1.29, 1.82) is 0 Å². The van der Waals surface area contributed by atoms with Crippen molar-refractivity contribution in [2.45, 2.75) is 20.8 Å². The number of thiophene rings is 1. The maximum absolute atomic E-state index is 12.7. The molecule has 0 radical (unpaired) electrons. The highest BCUT2D eigenvalue weighted by Crippen LogP contribution is 2.37. The van der Waals surface area contributed by atoms with Crippen molar-refractivity contribution in [3.05, 3.63) is 52.4 Å². The second-order valence-electron chi connectivity index (χ2n) is 7.35. The van der Waals surface area contributed by atoms with Crippen LogP contribution in [0.3, 0.4) is 0 Å². The normalized spacial score (nSPS) is 11.3. The van der Waals surface area contributed by atoms with Crippen LogP contribution in [-0.4, -0.2) is 18.9 Å². The molecule has 0 saturated heterocycles. The molecular formula is C21H21ClN2O3S. The first kappa shape index (κ1) is 20.2. The topological polar surface area (TPSA) is 67.4 Å². The first-order valence-corrected chi connectivity index (χ1v) is 9.87. The number of nitrogens with one attached hydrogen (secondary N) is 2. The van der Waals surface area contributed by atoms with E-state index in [0.717, 1.165) is 10.1 Å². The number of anilines is 2. The van der Waals surface area contributed by atoms with Crippen LogP contribution in [0.5, 0.6) is 5.75 Å². The maximum Gasteiger partial charge on any atom is 0.267 e. The molecule has 3 rings (SSSR count). The summed E-state index contributed by atoms with van der Waals surface area (Å²) in [4.78, 5) is 25.3. The highest BCUT2D eigenvalue weighted by Gasteiger charge is 2.21. The van der Waals surface area contributed by atoms with Gasteiger partial charge in [-0.2, -0.15) is 0 Å². The summed E-state index contributed by atoms with van der Waals surface area (Å²) in [7, 11) is 1.59. The minimum absolute atomic E-state index is 0.0996. The highest BCUT2D eigenvalue weighted by molar-refractivity contribution is 7.21. The average molecular weight is 417 g/mol. The Morgan fingerprint density at radius 3 is 2.36 bits per heavy atom. The lowest BCUT2D eigenvalue weighted by atomic mass is 9.95. The van der Waals surface area contributed by atoms with Gasteiger partial charge in [-0.05, 0) is 36.4 Å². The van der Waals surface area contributed by atoms with Gasteiger partial charge in [0.25, 0.3) is 5.91 Å². The van der Waals surface area contributed by atoms with E-state index >= 15 is 0 Å². The Labute approximate surface area is 172 Å². The quantitative estimate of drug-likeness (QED) is 0.564. The van der Waals surface area contributed by atoms with E-state index in [-0.39, 0.29) is 11.8 Å². The number of benzene rings is 2. The van der Waals surface area contributed by atoms with Gasteiger partial charge in [0.2, 0.25) is 5.91 Å². The predicted octanol–water partition coefficient (Wildman–Crippen LogP) is 5.80. The molecule has 0 fully saturated rings. The van der Waals surface area contributed by atoms with E-state index in [1.54, 1.807) is 31.4 Å². The van der Waals surface area contributed by atoms with Gasteiger partial charge in [-0.15, -0.1) is 11.3 Å². The van der Waals surface area contributed by atoms with Crippen LogP contribution in [0.2, 0.25) is 5.02 Å². The molecule has 0 aliphatic rings. The van der Waals surface area contributed by atoms with Crippen LogP contribution in [0.4, 0.5) is 11.4 Å². The number of halogens is 1. The third-order valence-corrected chi connectivity index (χ3v) is 5.76. The predicted molar refractivity (Wildman–Crippen MR) is 116 cm³/mol. The number of rotatable bonds is 4. The van der Waals surface area contributed by atoms with E-state index in [2.05, 4.69) is 10.6 Å². The van der Waals surface area contributed by atoms with Crippen molar-refractivity contribution in [2.75, 3.05) is 17.7 Å². The van der Waals surface area contributed by atoms with Gasteiger partial charge < -0.3 is 15.4 Å². The molecule has 0 spiro atoms. The fourth-order valence-corrected chi connectivity index (χ4v) is 3.94. The summed E-state index contributed by atoms with van der Waals surface area (Å²) in [5.41, 5.74) is 0.679. The Morgan fingerprint density at radius 2 is 1.71 bits per heavy atom. The number of hydrogen-bond acceptors (Lipinski definition) is 4. The number of ether oxygens (including phenoxy) is 1. The fourth-order valence-electron chi connectivity index (χ4n) is 2.50. The van der Waals surface area contributed by atoms with E-state index in [9.17, 15) is 9.59 Å². The molecule has 7 heteroatoms. The molecule has 2 aromatic carbocycles. The maximum atomic E-state index is 12.7. The van der Waals surface area contributed by atoms with Crippen LogP contribution in [0, 0.1) is 5.41 Å². The first-order valence-electron chi connectivity index (χ1n) is 8.68. The van der Waals surface area contributed by atoms with E-state index < -0.39 is 5.41 Å². The van der Waals surface area contributed by atoms with Gasteiger partial charge in [-0.25, -0.2) is 0 Å². The number of methoxy groups -OCH3 is 1. The molecule has 0 saturated carbocycles. The zero-order chi connectivity index (χ0) is 20.5. The number of carbonyl (C=O) groups is 2. The Hall–Kier alpha value is -2.57. The molecule has 1 aromatic heterocycles. The number of amides is 2. The van der Waals surface area contributed by atoms with Crippen LogP contribution in [-0.2, 0) is 4.79 Å². The van der Waals surface area contributed by atoms with Crippen LogP contribution in [0.1, 0.15) is 30.4 Å². The summed E-state index contributed by atoms with van der Waals surface area (Å²) in [6, 6.07) is 12.5. The Bertz CT molecular complexity index is 1050. The van der Waals surface area contributed by atoms with Gasteiger partial charge in [-0.3, -0.25) is 9.59 Å². The zero-order valence-electron chi connectivity index (χ0n) is 16.1. The van der Waals surface area contributed by atoms with Crippen molar-refractivity contribution in [2.24, 2.45) is 5.41 Å². The molecule has 146 valence electrons. The number of fused-ring (bicyclic) bond motifs is 1. The van der Waals surface area contributed by atoms with Gasteiger partial charge in [0.1, 0.15) is 10.6 Å². The van der Waals surface area contributed by atoms with Crippen LogP contribution >= 0.6 is 22.9 Å². The largest absolute Gasteiger partial charge is 0.497 e. The van der Waals surface area contributed by atoms with E-state index in [0.29, 0.717) is 27.0 Å². The van der Waals surface area contributed by atoms with E-state index in [1.807, 2.05) is 39.0 Å². The van der Waals surface area contributed by atoms with Gasteiger partial charge in [0, 0.05) is 26.9 Å². The van der Waals surface area contributed by atoms with Gasteiger partial charge >= 0.3 is 0 Å². The second-order valence-corrected chi connectivity index (χ2v) is 8.78. The van der Waals surface area contributed by atoms with Crippen LogP contribution < -0.4 is 15.4 Å². The molecule has 0 aliphatic heterocycles. The Kier molecular flexibility index (Phi) is 5.63. The highest BCUT2D eigenvalue weighted by atomic mass is 35.5. The third-order valence-electron chi connectivity index (χ3n) is 4.10. The Balaban J connectivity index is 1.82. The molecule has 5 nitrogen and oxygen atoms in total. The second kappa shape index (κ2) is 7.81. The van der Waals surface area contributed by atoms with Gasteiger partial charge in [0.05, 0.1) is 12.1 Å². The fraction of sp³-hybridized carbons (Fsp3) is 0.238. The SMILES string of the molecule is COc1ccc2c(Cl)c(C(=O)Nc3cccc(NC(=O)C(C)(C)C)c3)sc2c1. The summed E-state index contributed by atoms with van der Waals surface area (Å²) >= 11 is 7.72. The van der Waals surface area contributed by atoms with E-state index in [1.165, 1.54) is 11.3 Å². The summed E-state index contributed by atoms with van der Waals surface area (Å²) in [6.45, 7) is 5.52. The van der Waals surface area contributed by atoms with Crippen molar-refractivity contribution < 1.29 is 14.3 Å². The molecular weight excluding hydrogens is 396 g/mol. The summed E-state index contributed by atoms with van der Waals surface area (Å²) in [6.07, 6.45) is 0. The van der Waals surface area contributed by atoms with E-state index in [4.69, 9.17) is 16.3 Å². The zero-order valence-corrected chi connectivity index (χ0v) is 17.6. The average Bonchev–Trinajstić information content (AvgIpc) is 2.97. The van der Waals surface area contributed by atoms with Gasteiger partial charge in [0.15, 0.2) is 0 Å². The molecule has 0 atom stereocenters. The monoisotopic (exact) mass is 416 g/mol. The van der Waals surface area contributed by atoms with Crippen molar-refractivity contribution in [1.82, 2.24) is 0 Å². The standard InChI is InChI=1S/C21H21ClN2O3S/c1-21(2,3)20(26)24-13-7-5-6-12(10-13)23-19(25)18-17(22)15-9-8-14(27-4)11-16(15)28-18/h5-11H,1-4H3,(H,23,25)(H,24,26). The lowest BCUT2D eigenvalue weighted by Crippen LogP contribution is -2.27. The van der Waals surface area contributed by atoms with Crippen molar-refractivity contribution >= 4 is 56.2 Å². The summed E-state index contributed by atoms with van der Waals surface area (Å²) in [5, 5.41) is 6.92. The molecule has 0 bridgehead atoms. The van der Waals surface area contributed by atoms with Gasteiger partial charge in [-0.1, -0.05) is 38.4 Å². The van der Waals surface area contributed by atoms with Crippen LogP contribution in [0.25, 0.3) is 10.1 Å². The molecule has 0 unspecified atom stereocenters. The molecule has 0 aliphatic carbocycles. The molecule has 1 heterocycles. The van der Waals surface area contributed by atoms with Crippen molar-refractivity contribution in [3.8, 4) is 5.75 Å². The number of hydrogen-bond donors (Lipinski definition) is 2. The summed E-state index contributed by atoms with van der Waals surface area (Å²) in [5.74, 6) is 0.307. The molecule has 2 N–H and O–H groups in total. The van der Waals surface area contributed by atoms with Crippen molar-refractivity contribution in [3.63, 3.8) is 0 Å². The molecule has 3 aromatic rings. The van der Waals surface area contributed by atoms with Crippen LogP contribution in [0.15, 0.2) is 42.5 Å². The lowest BCUT2D eigenvalue weighted by molar-refractivity contribution is -0.123. The number of carbonyl (C=O) groups excluding carboxylic acids is 2. The first-order chi connectivity index (χ1) is 13.2. The smallest absolute Gasteiger partial charge is 0.267 e. The minimum Gasteiger partial charge on any atom is -0.497 e. The Morgan fingerprint density at radius 1 is 1.04 bits per heavy atom. The summed E-state index contributed by atoms with van der Waals surface area (Å²) < 4.78 is 6.10.